The van der Waals surface area contributed by atoms with Crippen molar-refractivity contribution in [2.75, 3.05) is 42.5 Å². The first-order valence-electron chi connectivity index (χ1n) is 8.66. The summed E-state index contributed by atoms with van der Waals surface area (Å²) in [5.41, 5.74) is 0.803. The second-order valence-electron chi connectivity index (χ2n) is 6.31. The molecule has 2 amide bonds. The lowest BCUT2D eigenvalue weighted by molar-refractivity contribution is -0.119. The second kappa shape index (κ2) is 8.07. The minimum Gasteiger partial charge on any atom is -0.442 e. The van der Waals surface area contributed by atoms with E-state index in [-0.39, 0.29) is 19.0 Å². The normalized spacial score (nSPS) is 19.3. The predicted molar refractivity (Wildman–Crippen MR) is 100 cm³/mol. The Bertz CT molecular complexity index is 769. The number of nitrogens with one attached hydrogen (secondary N) is 1. The van der Waals surface area contributed by atoms with E-state index in [1.807, 2.05) is 5.01 Å². The number of hydrogen-bond acceptors (Lipinski definition) is 6. The fourth-order valence-corrected chi connectivity index (χ4v) is 2.94. The standard InChI is InChI=1S/C18H22FN5O3/c1-3-6-23-8-7-22(12-21-23)17-5-4-14(9-16(17)19)24-11-15(27-18(24)26)10-20-13(2)25/h3-5,9,12,15H,1,6-8,10-11H2,2H3,(H,20,25). The smallest absolute Gasteiger partial charge is 0.414 e. The summed E-state index contributed by atoms with van der Waals surface area (Å²) >= 11 is 0. The van der Waals surface area contributed by atoms with Crippen molar-refractivity contribution in [2.45, 2.75) is 13.0 Å². The average Bonchev–Trinajstić information content (AvgIpc) is 3.02. The fraction of sp³-hybridized carbons (Fsp3) is 0.389. The topological polar surface area (TPSA) is 77.5 Å². The number of halogens is 1. The van der Waals surface area contributed by atoms with E-state index in [4.69, 9.17) is 4.74 Å². The zero-order valence-electron chi connectivity index (χ0n) is 15.1. The van der Waals surface area contributed by atoms with Gasteiger partial charge in [0.1, 0.15) is 18.3 Å². The molecule has 9 heteroatoms. The number of ether oxygens (including phenoxy) is 1. The molecule has 0 bridgehead atoms. The summed E-state index contributed by atoms with van der Waals surface area (Å²) in [6, 6.07) is 4.60. The van der Waals surface area contributed by atoms with E-state index in [1.54, 1.807) is 29.4 Å². The first-order valence-corrected chi connectivity index (χ1v) is 8.66. The molecule has 1 aromatic rings. The van der Waals surface area contributed by atoms with Crippen molar-refractivity contribution in [3.63, 3.8) is 0 Å². The Kier molecular flexibility index (Phi) is 5.58. The Morgan fingerprint density at radius 3 is 2.93 bits per heavy atom. The third kappa shape index (κ3) is 4.36. The Morgan fingerprint density at radius 1 is 1.48 bits per heavy atom. The van der Waals surface area contributed by atoms with Crippen LogP contribution in [0.15, 0.2) is 36.0 Å². The summed E-state index contributed by atoms with van der Waals surface area (Å²) in [6.07, 6.45) is 2.32. The molecule has 0 aromatic heterocycles. The molecule has 2 aliphatic rings. The predicted octanol–water partition coefficient (Wildman–Crippen LogP) is 1.54. The van der Waals surface area contributed by atoms with E-state index >= 15 is 0 Å². The van der Waals surface area contributed by atoms with Gasteiger partial charge in [0.15, 0.2) is 0 Å². The molecule has 0 aliphatic carbocycles. The molecule has 1 atom stereocenters. The largest absolute Gasteiger partial charge is 0.442 e. The maximum atomic E-state index is 14.6. The SMILES string of the molecule is C=CCN1CCN(c2ccc(N3CC(CNC(C)=O)OC3=O)cc2F)C=N1. The van der Waals surface area contributed by atoms with Gasteiger partial charge in [-0.1, -0.05) is 6.08 Å². The molecule has 3 rings (SSSR count). The van der Waals surface area contributed by atoms with Crippen LogP contribution in [0.4, 0.5) is 20.6 Å². The Hall–Kier alpha value is -3.10. The summed E-state index contributed by atoms with van der Waals surface area (Å²) in [5, 5.41) is 8.70. The van der Waals surface area contributed by atoms with E-state index in [0.29, 0.717) is 31.0 Å². The van der Waals surface area contributed by atoms with Crippen molar-refractivity contribution in [1.82, 2.24) is 10.3 Å². The Balaban J connectivity index is 1.68. The van der Waals surface area contributed by atoms with E-state index in [1.165, 1.54) is 17.9 Å². The van der Waals surface area contributed by atoms with Gasteiger partial charge in [0, 0.05) is 13.5 Å². The Morgan fingerprint density at radius 2 is 2.30 bits per heavy atom. The first kappa shape index (κ1) is 18.7. The van der Waals surface area contributed by atoms with Crippen molar-refractivity contribution >= 4 is 29.7 Å². The highest BCUT2D eigenvalue weighted by atomic mass is 19.1. The number of benzene rings is 1. The average molecular weight is 375 g/mol. The van der Waals surface area contributed by atoms with Crippen LogP contribution in [0.25, 0.3) is 0 Å². The highest BCUT2D eigenvalue weighted by Crippen LogP contribution is 2.28. The van der Waals surface area contributed by atoms with Crippen molar-refractivity contribution in [1.29, 1.82) is 0 Å². The molecule has 1 aromatic carbocycles. The molecule has 0 saturated carbocycles. The van der Waals surface area contributed by atoms with Crippen LogP contribution in [0.3, 0.4) is 0 Å². The highest BCUT2D eigenvalue weighted by Gasteiger charge is 2.33. The number of anilines is 2. The van der Waals surface area contributed by atoms with Crippen molar-refractivity contribution in [3.8, 4) is 0 Å². The van der Waals surface area contributed by atoms with Crippen LogP contribution in [0.2, 0.25) is 0 Å². The molecular formula is C18H22FN5O3. The third-order valence-corrected chi connectivity index (χ3v) is 4.30. The van der Waals surface area contributed by atoms with Gasteiger partial charge < -0.3 is 15.0 Å². The maximum absolute atomic E-state index is 14.6. The third-order valence-electron chi connectivity index (χ3n) is 4.30. The number of hydrogen-bond donors (Lipinski definition) is 1. The molecule has 1 saturated heterocycles. The molecule has 27 heavy (non-hydrogen) atoms. The van der Waals surface area contributed by atoms with Crippen LogP contribution < -0.4 is 15.1 Å². The van der Waals surface area contributed by atoms with Gasteiger partial charge in [0.2, 0.25) is 5.91 Å². The van der Waals surface area contributed by atoms with Gasteiger partial charge in [-0.3, -0.25) is 14.7 Å². The number of amides is 2. The summed E-state index contributed by atoms with van der Waals surface area (Å²) in [4.78, 5) is 26.1. The minimum atomic E-state index is -0.558. The summed E-state index contributed by atoms with van der Waals surface area (Å²) in [6.45, 7) is 7.44. The van der Waals surface area contributed by atoms with E-state index in [0.717, 1.165) is 0 Å². The van der Waals surface area contributed by atoms with Gasteiger partial charge >= 0.3 is 6.09 Å². The number of rotatable bonds is 6. The van der Waals surface area contributed by atoms with Crippen LogP contribution >= 0.6 is 0 Å². The summed E-state index contributed by atoms with van der Waals surface area (Å²) < 4.78 is 19.8. The number of carbonyl (C=O) groups is 2. The monoisotopic (exact) mass is 375 g/mol. The molecule has 0 radical (unpaired) electrons. The van der Waals surface area contributed by atoms with Crippen molar-refractivity contribution < 1.29 is 18.7 Å². The zero-order chi connectivity index (χ0) is 19.4. The number of carbonyl (C=O) groups excluding carboxylic acids is 2. The lowest BCUT2D eigenvalue weighted by Gasteiger charge is -2.29. The molecule has 1 unspecified atom stereocenters. The van der Waals surface area contributed by atoms with Crippen molar-refractivity contribution in [2.24, 2.45) is 5.10 Å². The van der Waals surface area contributed by atoms with Gasteiger partial charge in [0.05, 0.1) is 37.6 Å². The number of cyclic esters (lactones) is 1. The highest BCUT2D eigenvalue weighted by molar-refractivity contribution is 5.90. The molecule has 2 heterocycles. The Labute approximate surface area is 156 Å². The van der Waals surface area contributed by atoms with E-state index in [2.05, 4.69) is 17.0 Å². The van der Waals surface area contributed by atoms with E-state index in [9.17, 15) is 14.0 Å². The number of nitrogens with zero attached hydrogens (tertiary/aromatic N) is 4. The fourth-order valence-electron chi connectivity index (χ4n) is 2.94. The van der Waals surface area contributed by atoms with Gasteiger partial charge in [-0.2, -0.15) is 5.10 Å². The summed E-state index contributed by atoms with van der Waals surface area (Å²) in [5.74, 6) is -0.649. The first-order chi connectivity index (χ1) is 13.0. The van der Waals surface area contributed by atoms with Crippen LogP contribution in [0.1, 0.15) is 6.92 Å². The lowest BCUT2D eigenvalue weighted by atomic mass is 10.2. The second-order valence-corrected chi connectivity index (χ2v) is 6.31. The van der Waals surface area contributed by atoms with Crippen LogP contribution in [0.5, 0.6) is 0 Å². The minimum absolute atomic E-state index is 0.199. The van der Waals surface area contributed by atoms with Gasteiger partial charge in [-0.05, 0) is 18.2 Å². The van der Waals surface area contributed by atoms with E-state index < -0.39 is 18.0 Å². The van der Waals surface area contributed by atoms with Gasteiger partial charge in [-0.15, -0.1) is 6.58 Å². The molecular weight excluding hydrogens is 353 g/mol. The maximum Gasteiger partial charge on any atom is 0.414 e. The van der Waals surface area contributed by atoms with Crippen LogP contribution in [-0.4, -0.2) is 62.2 Å². The molecule has 0 spiro atoms. The zero-order valence-corrected chi connectivity index (χ0v) is 15.1. The number of hydrazone groups is 1. The molecule has 1 N–H and O–H groups in total. The lowest BCUT2D eigenvalue weighted by Crippen LogP contribution is -2.38. The molecule has 144 valence electrons. The van der Waals surface area contributed by atoms with Gasteiger partial charge in [0.25, 0.3) is 0 Å². The molecule has 8 nitrogen and oxygen atoms in total. The van der Waals surface area contributed by atoms with Crippen molar-refractivity contribution in [3.05, 3.63) is 36.7 Å². The molecule has 2 aliphatic heterocycles. The van der Waals surface area contributed by atoms with Crippen LogP contribution in [-0.2, 0) is 9.53 Å². The van der Waals surface area contributed by atoms with Gasteiger partial charge in [-0.25, -0.2) is 9.18 Å². The molecule has 1 fully saturated rings. The van der Waals surface area contributed by atoms with Crippen LogP contribution in [0, 0.1) is 5.82 Å². The summed E-state index contributed by atoms with van der Waals surface area (Å²) in [7, 11) is 0. The quantitative estimate of drug-likeness (QED) is 0.763.